The lowest BCUT2D eigenvalue weighted by molar-refractivity contribution is -0.137. The van der Waals surface area contributed by atoms with Crippen LogP contribution in [0, 0.1) is 0 Å². The number of carbonyl (C=O) groups excluding carboxylic acids is 2. The molecule has 0 atom stereocenters. The second kappa shape index (κ2) is 8.23. The third-order valence-corrected chi connectivity index (χ3v) is 5.32. The summed E-state index contributed by atoms with van der Waals surface area (Å²) in [5, 5.41) is 3.71. The average molecular weight is 468 g/mol. The molecule has 4 nitrogen and oxygen atoms in total. The number of anilines is 1. The number of imide groups is 1. The highest BCUT2D eigenvalue weighted by Gasteiger charge is 2.39. The quantitative estimate of drug-likeness (QED) is 0.505. The van der Waals surface area contributed by atoms with Crippen LogP contribution in [0.5, 0.6) is 0 Å². The van der Waals surface area contributed by atoms with Crippen LogP contribution in [-0.4, -0.2) is 16.7 Å². The minimum Gasteiger partial charge on any atom is -0.350 e. The number of hydrogen-bond donors (Lipinski definition) is 1. The molecule has 1 aliphatic heterocycles. The fourth-order valence-corrected chi connectivity index (χ4v) is 3.72. The Hall–Kier alpha value is -2.89. The van der Waals surface area contributed by atoms with E-state index in [1.165, 1.54) is 4.90 Å². The molecule has 0 unspecified atom stereocenters. The molecule has 0 bridgehead atoms. The van der Waals surface area contributed by atoms with E-state index >= 15 is 0 Å². The van der Waals surface area contributed by atoms with Gasteiger partial charge in [0.15, 0.2) is 0 Å². The Labute approximate surface area is 181 Å². The largest absolute Gasteiger partial charge is 0.350 e. The summed E-state index contributed by atoms with van der Waals surface area (Å²) in [6, 6.07) is 23.8. The van der Waals surface area contributed by atoms with E-state index in [2.05, 4.69) is 21.2 Å². The molecular weight excluding hydrogens is 452 g/mol. The van der Waals surface area contributed by atoms with Gasteiger partial charge in [0, 0.05) is 15.2 Å². The fourth-order valence-electron chi connectivity index (χ4n) is 3.20. The zero-order valence-electron chi connectivity index (χ0n) is 15.2. The first-order chi connectivity index (χ1) is 14.0. The average Bonchev–Trinajstić information content (AvgIpc) is 2.94. The normalized spacial score (nSPS) is 13.9. The lowest BCUT2D eigenvalue weighted by Gasteiger charge is -2.15. The molecule has 29 heavy (non-hydrogen) atoms. The van der Waals surface area contributed by atoms with Gasteiger partial charge in [-0.25, -0.2) is 0 Å². The lowest BCUT2D eigenvalue weighted by atomic mass is 10.0. The molecule has 6 heteroatoms. The Morgan fingerprint density at radius 2 is 1.59 bits per heavy atom. The second-order valence-electron chi connectivity index (χ2n) is 6.57. The van der Waals surface area contributed by atoms with Gasteiger partial charge in [0.25, 0.3) is 11.8 Å². The van der Waals surface area contributed by atoms with Crippen molar-refractivity contribution in [3.8, 4) is 0 Å². The number of nitrogens with one attached hydrogen (secondary N) is 1. The monoisotopic (exact) mass is 466 g/mol. The van der Waals surface area contributed by atoms with Crippen molar-refractivity contribution in [2.45, 2.75) is 6.54 Å². The molecule has 0 aliphatic carbocycles. The van der Waals surface area contributed by atoms with Crippen molar-refractivity contribution in [1.82, 2.24) is 4.90 Å². The third kappa shape index (κ3) is 4.11. The van der Waals surface area contributed by atoms with Gasteiger partial charge in [0.05, 0.1) is 12.1 Å². The van der Waals surface area contributed by atoms with Gasteiger partial charge >= 0.3 is 0 Å². The van der Waals surface area contributed by atoms with Crippen molar-refractivity contribution >= 4 is 50.6 Å². The van der Waals surface area contributed by atoms with Crippen molar-refractivity contribution < 1.29 is 9.59 Å². The molecule has 3 aromatic carbocycles. The summed E-state index contributed by atoms with van der Waals surface area (Å²) in [6.45, 7) is 0.208. The van der Waals surface area contributed by atoms with Gasteiger partial charge in [-0.3, -0.25) is 14.5 Å². The van der Waals surface area contributed by atoms with Gasteiger partial charge in [-0.2, -0.15) is 0 Å². The SMILES string of the molecule is O=C1C(Nc2cccc(Br)c2)=C(c2ccc(Cl)cc2)C(=O)N1Cc1ccccc1. The maximum absolute atomic E-state index is 13.2. The Morgan fingerprint density at radius 3 is 2.28 bits per heavy atom. The molecule has 144 valence electrons. The van der Waals surface area contributed by atoms with Crippen LogP contribution in [0.3, 0.4) is 0 Å². The minimum atomic E-state index is -0.358. The summed E-state index contributed by atoms with van der Waals surface area (Å²) >= 11 is 9.43. The van der Waals surface area contributed by atoms with Gasteiger partial charge in [0.2, 0.25) is 0 Å². The minimum absolute atomic E-state index is 0.208. The number of halogens is 2. The third-order valence-electron chi connectivity index (χ3n) is 4.58. The molecule has 3 aromatic rings. The molecule has 0 saturated heterocycles. The molecule has 1 heterocycles. The molecule has 0 saturated carbocycles. The van der Waals surface area contributed by atoms with Crippen molar-refractivity contribution in [3.05, 3.63) is 105 Å². The van der Waals surface area contributed by atoms with Gasteiger partial charge in [-0.05, 0) is 41.5 Å². The maximum atomic E-state index is 13.2. The molecule has 1 aliphatic rings. The zero-order valence-corrected chi connectivity index (χ0v) is 17.6. The predicted molar refractivity (Wildman–Crippen MR) is 118 cm³/mol. The summed E-state index contributed by atoms with van der Waals surface area (Å²) in [7, 11) is 0. The second-order valence-corrected chi connectivity index (χ2v) is 7.93. The molecular formula is C23H16BrClN2O2. The number of hydrogen-bond acceptors (Lipinski definition) is 3. The Balaban J connectivity index is 1.75. The molecule has 4 rings (SSSR count). The van der Waals surface area contributed by atoms with Crippen molar-refractivity contribution in [1.29, 1.82) is 0 Å². The van der Waals surface area contributed by atoms with Crippen LogP contribution < -0.4 is 5.32 Å². The van der Waals surface area contributed by atoms with Crippen molar-refractivity contribution in [2.24, 2.45) is 0 Å². The first kappa shape index (κ1) is 19.4. The predicted octanol–water partition coefficient (Wildman–Crippen LogP) is 5.49. The first-order valence-corrected chi connectivity index (χ1v) is 10.1. The lowest BCUT2D eigenvalue weighted by Crippen LogP contribution is -2.31. The summed E-state index contributed by atoms with van der Waals surface area (Å²) < 4.78 is 0.869. The van der Waals surface area contributed by atoms with Gasteiger partial charge < -0.3 is 5.32 Å². The Bertz CT molecular complexity index is 1110. The molecule has 1 N–H and O–H groups in total. The Kier molecular flexibility index (Phi) is 5.51. The smallest absolute Gasteiger partial charge is 0.278 e. The van der Waals surface area contributed by atoms with Crippen LogP contribution in [-0.2, 0) is 16.1 Å². The van der Waals surface area contributed by atoms with Crippen LogP contribution in [0.4, 0.5) is 5.69 Å². The van der Waals surface area contributed by atoms with Gasteiger partial charge in [0.1, 0.15) is 5.70 Å². The number of benzene rings is 3. The van der Waals surface area contributed by atoms with E-state index in [-0.39, 0.29) is 24.1 Å². The maximum Gasteiger partial charge on any atom is 0.278 e. The summed E-state index contributed by atoms with van der Waals surface area (Å²) in [4.78, 5) is 27.7. The molecule has 0 aromatic heterocycles. The molecule has 2 amide bonds. The summed E-state index contributed by atoms with van der Waals surface area (Å²) in [5.74, 6) is -0.692. The first-order valence-electron chi connectivity index (χ1n) is 8.96. The fraction of sp³-hybridized carbons (Fsp3) is 0.0435. The molecule has 0 fully saturated rings. The highest BCUT2D eigenvalue weighted by Crippen LogP contribution is 2.32. The highest BCUT2D eigenvalue weighted by molar-refractivity contribution is 9.10. The molecule has 0 spiro atoms. The van der Waals surface area contributed by atoms with Crippen LogP contribution in [0.2, 0.25) is 5.02 Å². The van der Waals surface area contributed by atoms with Gasteiger partial charge in [-0.1, -0.05) is 76.1 Å². The van der Waals surface area contributed by atoms with E-state index in [0.29, 0.717) is 21.8 Å². The number of amides is 2. The van der Waals surface area contributed by atoms with E-state index in [0.717, 1.165) is 10.0 Å². The van der Waals surface area contributed by atoms with Gasteiger partial charge in [-0.15, -0.1) is 0 Å². The highest BCUT2D eigenvalue weighted by atomic mass is 79.9. The van der Waals surface area contributed by atoms with Crippen LogP contribution in [0.1, 0.15) is 11.1 Å². The van der Waals surface area contributed by atoms with E-state index in [1.807, 2.05) is 54.6 Å². The summed E-state index contributed by atoms with van der Waals surface area (Å²) in [5.41, 5.74) is 2.83. The zero-order chi connectivity index (χ0) is 20.4. The topological polar surface area (TPSA) is 49.4 Å². The summed E-state index contributed by atoms with van der Waals surface area (Å²) in [6.07, 6.45) is 0. The standard InChI is InChI=1S/C23H16BrClN2O2/c24-17-7-4-8-19(13-17)26-21-20(16-9-11-18(25)12-10-16)22(28)27(23(21)29)14-15-5-2-1-3-6-15/h1-13,26H,14H2. The number of rotatable bonds is 5. The van der Waals surface area contributed by atoms with E-state index in [9.17, 15) is 9.59 Å². The van der Waals surface area contributed by atoms with E-state index in [1.54, 1.807) is 24.3 Å². The number of carbonyl (C=O) groups is 2. The van der Waals surface area contributed by atoms with E-state index in [4.69, 9.17) is 11.6 Å². The van der Waals surface area contributed by atoms with E-state index < -0.39 is 0 Å². The van der Waals surface area contributed by atoms with Crippen LogP contribution in [0.15, 0.2) is 89.0 Å². The number of nitrogens with zero attached hydrogens (tertiary/aromatic N) is 1. The molecule has 0 radical (unpaired) electrons. The van der Waals surface area contributed by atoms with Crippen LogP contribution in [0.25, 0.3) is 5.57 Å². The van der Waals surface area contributed by atoms with Crippen LogP contribution >= 0.6 is 27.5 Å². The Morgan fingerprint density at radius 1 is 0.862 bits per heavy atom. The van der Waals surface area contributed by atoms with Crippen molar-refractivity contribution in [2.75, 3.05) is 5.32 Å². The van der Waals surface area contributed by atoms with Crippen molar-refractivity contribution in [3.63, 3.8) is 0 Å².